The normalized spacial score (nSPS) is 17.5. The number of ether oxygens (including phenoxy) is 1. The lowest BCUT2D eigenvalue weighted by Gasteiger charge is -2.26. The standard InChI is InChI=1S/C25H23N2O2.ClH/c1-19-9-8-14-26-15-16-27(23(19)26)18-22-17-25(24(28)29-22,20-10-4-2-5-11-20)21-12-6-3-7-13-21;/h2-16,22H,17-18H2,1H3;1H/q+1;/p-1. The minimum absolute atomic E-state index is 0. The van der Waals surface area contributed by atoms with Gasteiger partial charge in [-0.05, 0) is 30.2 Å². The van der Waals surface area contributed by atoms with Gasteiger partial charge in [-0.25, -0.2) is 8.97 Å². The van der Waals surface area contributed by atoms with Crippen molar-refractivity contribution in [3.05, 3.63) is 108 Å². The summed E-state index contributed by atoms with van der Waals surface area (Å²) in [7, 11) is 0. The quantitative estimate of drug-likeness (QED) is 0.363. The van der Waals surface area contributed by atoms with Crippen molar-refractivity contribution in [3.63, 3.8) is 0 Å². The minimum atomic E-state index is -0.766. The summed E-state index contributed by atoms with van der Waals surface area (Å²) >= 11 is 0. The first kappa shape index (κ1) is 20.2. The van der Waals surface area contributed by atoms with Gasteiger partial charge in [0.2, 0.25) is 0 Å². The Labute approximate surface area is 182 Å². The zero-order chi connectivity index (χ0) is 19.8. The Bertz CT molecular complexity index is 1130. The molecule has 1 atom stereocenters. The van der Waals surface area contributed by atoms with Crippen LogP contribution in [0.4, 0.5) is 0 Å². The van der Waals surface area contributed by atoms with E-state index in [1.165, 1.54) is 5.56 Å². The number of cyclic esters (lactones) is 1. The summed E-state index contributed by atoms with van der Waals surface area (Å²) in [5.74, 6) is -0.166. The molecule has 1 fully saturated rings. The van der Waals surface area contributed by atoms with E-state index < -0.39 is 5.41 Å². The zero-order valence-electron chi connectivity index (χ0n) is 16.7. The highest BCUT2D eigenvalue weighted by molar-refractivity contribution is 5.89. The molecule has 1 unspecified atom stereocenters. The van der Waals surface area contributed by atoms with Gasteiger partial charge in [0.25, 0.3) is 5.65 Å². The average molecular weight is 419 g/mol. The second-order valence-electron chi connectivity index (χ2n) is 7.74. The van der Waals surface area contributed by atoms with Crippen molar-refractivity contribution in [2.24, 2.45) is 0 Å². The summed E-state index contributed by atoms with van der Waals surface area (Å²) in [5, 5.41) is 0. The molecule has 0 saturated carbocycles. The first-order chi connectivity index (χ1) is 14.2. The molecule has 0 radical (unpaired) electrons. The van der Waals surface area contributed by atoms with Crippen molar-refractivity contribution in [1.29, 1.82) is 0 Å². The summed E-state index contributed by atoms with van der Waals surface area (Å²) in [6, 6.07) is 24.2. The number of aromatic nitrogens is 2. The summed E-state index contributed by atoms with van der Waals surface area (Å²) in [6.07, 6.45) is 6.56. The van der Waals surface area contributed by atoms with E-state index in [-0.39, 0.29) is 24.5 Å². The molecular formula is C25H23ClN2O2. The number of benzene rings is 2. The zero-order valence-corrected chi connectivity index (χ0v) is 17.5. The molecule has 152 valence electrons. The summed E-state index contributed by atoms with van der Waals surface area (Å²) in [4.78, 5) is 13.3. The van der Waals surface area contributed by atoms with E-state index in [0.29, 0.717) is 13.0 Å². The molecule has 1 aliphatic rings. The van der Waals surface area contributed by atoms with Crippen molar-refractivity contribution in [1.82, 2.24) is 4.40 Å². The fraction of sp³-hybridized carbons (Fsp3) is 0.200. The first-order valence-corrected chi connectivity index (χ1v) is 9.96. The molecule has 1 aliphatic heterocycles. The van der Waals surface area contributed by atoms with E-state index in [2.05, 4.69) is 28.2 Å². The van der Waals surface area contributed by atoms with E-state index >= 15 is 0 Å². The third kappa shape index (κ3) is 3.17. The van der Waals surface area contributed by atoms with Crippen LogP contribution in [0.25, 0.3) is 5.65 Å². The fourth-order valence-corrected chi connectivity index (χ4v) is 4.62. The molecule has 1 saturated heterocycles. The van der Waals surface area contributed by atoms with Gasteiger partial charge in [0.05, 0.1) is 6.20 Å². The Morgan fingerprint density at radius 3 is 2.23 bits per heavy atom. The molecule has 3 heterocycles. The topological polar surface area (TPSA) is 34.6 Å². The second kappa shape index (κ2) is 7.96. The maximum atomic E-state index is 13.3. The third-order valence-electron chi connectivity index (χ3n) is 5.96. The predicted octanol–water partition coefficient (Wildman–Crippen LogP) is 0.841. The molecule has 2 aromatic carbocycles. The lowest BCUT2D eigenvalue weighted by molar-refractivity contribution is -0.677. The van der Waals surface area contributed by atoms with E-state index in [1.807, 2.05) is 79.1 Å². The number of hydrogen-bond donors (Lipinski definition) is 0. The van der Waals surface area contributed by atoms with E-state index in [1.54, 1.807) is 0 Å². The van der Waals surface area contributed by atoms with Crippen LogP contribution < -0.4 is 17.0 Å². The SMILES string of the molecule is Cc1cccn2cc[n+](CC3CC(c4ccccc4)(c4ccccc4)C(=O)O3)c12.[Cl-]. The number of pyridine rings is 1. The third-order valence-corrected chi connectivity index (χ3v) is 5.96. The van der Waals surface area contributed by atoms with Crippen molar-refractivity contribution in [2.45, 2.75) is 31.4 Å². The van der Waals surface area contributed by atoms with Crippen LogP contribution in [0.3, 0.4) is 0 Å². The molecule has 0 aliphatic carbocycles. The van der Waals surface area contributed by atoms with Gasteiger partial charge in [0.15, 0.2) is 0 Å². The molecule has 0 bridgehead atoms. The number of esters is 1. The maximum Gasteiger partial charge on any atom is 0.321 e. The molecule has 0 spiro atoms. The van der Waals surface area contributed by atoms with Crippen LogP contribution in [-0.4, -0.2) is 16.5 Å². The lowest BCUT2D eigenvalue weighted by atomic mass is 9.72. The van der Waals surface area contributed by atoms with Crippen molar-refractivity contribution < 1.29 is 26.5 Å². The van der Waals surface area contributed by atoms with Crippen LogP contribution in [0.1, 0.15) is 23.1 Å². The highest BCUT2D eigenvalue weighted by Gasteiger charge is 2.52. The van der Waals surface area contributed by atoms with Crippen LogP contribution in [0.15, 0.2) is 91.4 Å². The fourth-order valence-electron chi connectivity index (χ4n) is 4.62. The van der Waals surface area contributed by atoms with Crippen molar-refractivity contribution in [3.8, 4) is 0 Å². The van der Waals surface area contributed by atoms with Gasteiger partial charge in [0, 0.05) is 12.0 Å². The number of carbonyl (C=O) groups excluding carboxylic acids is 1. The summed E-state index contributed by atoms with van der Waals surface area (Å²) in [6.45, 7) is 2.74. The Hall–Kier alpha value is -3.11. The number of aryl methyl sites for hydroxylation is 1. The van der Waals surface area contributed by atoms with Gasteiger partial charge < -0.3 is 17.1 Å². The van der Waals surface area contributed by atoms with Crippen molar-refractivity contribution in [2.75, 3.05) is 0 Å². The number of nitrogens with zero attached hydrogens (tertiary/aromatic N) is 2. The highest BCUT2D eigenvalue weighted by Crippen LogP contribution is 2.43. The second-order valence-corrected chi connectivity index (χ2v) is 7.74. The Kier molecular flexibility index (Phi) is 5.35. The van der Waals surface area contributed by atoms with Crippen LogP contribution in [0, 0.1) is 6.92 Å². The molecule has 2 aromatic heterocycles. The highest BCUT2D eigenvalue weighted by atomic mass is 35.5. The van der Waals surface area contributed by atoms with Gasteiger partial charge in [-0.2, -0.15) is 0 Å². The minimum Gasteiger partial charge on any atom is -1.00 e. The largest absolute Gasteiger partial charge is 1.00 e. The Morgan fingerprint density at radius 2 is 1.60 bits per heavy atom. The molecular weight excluding hydrogens is 396 g/mol. The number of hydrogen-bond acceptors (Lipinski definition) is 2. The number of imidazole rings is 1. The summed E-state index contributed by atoms with van der Waals surface area (Å²) < 4.78 is 10.3. The smallest absolute Gasteiger partial charge is 0.321 e. The van der Waals surface area contributed by atoms with E-state index in [4.69, 9.17) is 4.74 Å². The molecule has 4 nitrogen and oxygen atoms in total. The predicted molar refractivity (Wildman–Crippen MR) is 110 cm³/mol. The van der Waals surface area contributed by atoms with Crippen LogP contribution in [0.5, 0.6) is 0 Å². The molecule has 0 amide bonds. The molecule has 5 rings (SSSR count). The molecule has 4 aromatic rings. The molecule has 0 N–H and O–H groups in total. The average Bonchev–Trinajstić information content (AvgIpc) is 3.32. The van der Waals surface area contributed by atoms with Gasteiger partial charge in [0.1, 0.15) is 30.5 Å². The van der Waals surface area contributed by atoms with E-state index in [0.717, 1.165) is 16.8 Å². The van der Waals surface area contributed by atoms with Crippen LogP contribution >= 0.6 is 0 Å². The summed E-state index contributed by atoms with van der Waals surface area (Å²) in [5.41, 5.74) is 3.53. The van der Waals surface area contributed by atoms with Gasteiger partial charge in [-0.3, -0.25) is 4.79 Å². The van der Waals surface area contributed by atoms with Crippen molar-refractivity contribution >= 4 is 11.6 Å². The Morgan fingerprint density at radius 1 is 0.967 bits per heavy atom. The van der Waals surface area contributed by atoms with E-state index in [9.17, 15) is 4.79 Å². The lowest BCUT2D eigenvalue weighted by Crippen LogP contribution is -3.00. The van der Waals surface area contributed by atoms with Crippen LogP contribution in [-0.2, 0) is 21.5 Å². The number of halogens is 1. The number of carbonyl (C=O) groups is 1. The molecule has 5 heteroatoms. The van der Waals surface area contributed by atoms with Gasteiger partial charge in [-0.1, -0.05) is 60.7 Å². The number of fused-ring (bicyclic) bond motifs is 1. The first-order valence-electron chi connectivity index (χ1n) is 9.96. The van der Waals surface area contributed by atoms with Gasteiger partial charge in [-0.15, -0.1) is 0 Å². The molecule has 30 heavy (non-hydrogen) atoms. The number of rotatable bonds is 4. The maximum absolute atomic E-state index is 13.3. The Balaban J connectivity index is 0.00000218. The monoisotopic (exact) mass is 418 g/mol. The van der Waals surface area contributed by atoms with Gasteiger partial charge >= 0.3 is 5.97 Å². The van der Waals surface area contributed by atoms with Crippen LogP contribution in [0.2, 0.25) is 0 Å².